The molecule has 0 aliphatic heterocycles. The van der Waals surface area contributed by atoms with Gasteiger partial charge in [-0.1, -0.05) is 12.1 Å². The molecule has 1 amide bonds. The number of halogens is 1. The molecule has 0 aromatic heterocycles. The number of carbonyl (C=O) groups excluding carboxylic acids is 1. The number of ether oxygens (including phenoxy) is 1. The maximum absolute atomic E-state index is 12.2. The van der Waals surface area contributed by atoms with Gasteiger partial charge in [0.25, 0.3) is 0 Å². The van der Waals surface area contributed by atoms with Gasteiger partial charge in [-0.05, 0) is 65.0 Å². The summed E-state index contributed by atoms with van der Waals surface area (Å²) < 4.78 is 6.27. The zero-order valence-corrected chi connectivity index (χ0v) is 20.8. The van der Waals surface area contributed by atoms with Gasteiger partial charge in [-0.25, -0.2) is 0 Å². The molecule has 3 N–H and O–H groups in total. The Balaban J connectivity index is 0.00000420. The fourth-order valence-corrected chi connectivity index (χ4v) is 3.29. The number of hydrogen-bond acceptors (Lipinski definition) is 3. The fraction of sp³-hybridized carbons (Fsp3) is 0.636. The first-order chi connectivity index (χ1) is 13.4. The highest BCUT2D eigenvalue weighted by Gasteiger charge is 2.27. The summed E-state index contributed by atoms with van der Waals surface area (Å²) in [6.45, 7) is 9.60. The first kappa shape index (κ1) is 25.5. The molecule has 164 valence electrons. The number of rotatable bonds is 8. The van der Waals surface area contributed by atoms with E-state index in [4.69, 9.17) is 4.74 Å². The number of aryl methyl sites for hydroxylation is 1. The molecule has 0 radical (unpaired) electrons. The maximum Gasteiger partial charge on any atom is 0.227 e. The molecule has 1 aliphatic carbocycles. The summed E-state index contributed by atoms with van der Waals surface area (Å²) in [5.74, 6) is 1.66. The summed E-state index contributed by atoms with van der Waals surface area (Å²) in [7, 11) is 1.74. The van der Waals surface area contributed by atoms with Crippen LogP contribution in [-0.2, 0) is 11.3 Å². The van der Waals surface area contributed by atoms with Crippen LogP contribution in [0.2, 0.25) is 0 Å². The van der Waals surface area contributed by atoms with Crippen LogP contribution in [0.3, 0.4) is 0 Å². The van der Waals surface area contributed by atoms with Crippen LogP contribution in [-0.4, -0.2) is 38.1 Å². The predicted octanol–water partition coefficient (Wildman–Crippen LogP) is 3.76. The van der Waals surface area contributed by atoms with Gasteiger partial charge in [0.1, 0.15) is 5.75 Å². The number of amides is 1. The standard InChI is InChI=1S/C22H36N4O2.HI/c1-6-24-20(27)22(3,4)15-26-21(23-5)25-14-17-12-11-16(2)13-19(17)28-18-9-7-8-10-18;/h11-13,18H,6-10,14-15H2,1-5H3,(H,24,27)(H2,23,25,26);1H. The minimum Gasteiger partial charge on any atom is -0.490 e. The van der Waals surface area contributed by atoms with E-state index in [2.05, 4.69) is 46.1 Å². The molecule has 1 fully saturated rings. The number of benzene rings is 1. The van der Waals surface area contributed by atoms with Crippen LogP contribution < -0.4 is 20.7 Å². The lowest BCUT2D eigenvalue weighted by molar-refractivity contribution is -0.128. The van der Waals surface area contributed by atoms with Crippen LogP contribution in [0.5, 0.6) is 5.75 Å². The van der Waals surface area contributed by atoms with Crippen molar-refractivity contribution in [1.82, 2.24) is 16.0 Å². The number of nitrogens with zero attached hydrogens (tertiary/aromatic N) is 1. The highest BCUT2D eigenvalue weighted by molar-refractivity contribution is 14.0. The van der Waals surface area contributed by atoms with Crippen LogP contribution in [0.4, 0.5) is 0 Å². The van der Waals surface area contributed by atoms with E-state index < -0.39 is 5.41 Å². The first-order valence-electron chi connectivity index (χ1n) is 10.3. The third-order valence-corrected chi connectivity index (χ3v) is 5.14. The molecule has 1 saturated carbocycles. The monoisotopic (exact) mass is 516 g/mol. The summed E-state index contributed by atoms with van der Waals surface area (Å²) in [5.41, 5.74) is 1.79. The van der Waals surface area contributed by atoms with Crippen LogP contribution in [0.1, 0.15) is 57.6 Å². The SMILES string of the molecule is CCNC(=O)C(C)(C)CNC(=NC)NCc1ccc(C)cc1OC1CCCC1.I. The number of guanidine groups is 1. The average Bonchev–Trinajstić information content (AvgIpc) is 3.16. The van der Waals surface area contributed by atoms with Crippen LogP contribution in [0.25, 0.3) is 0 Å². The molecule has 2 rings (SSSR count). The average molecular weight is 516 g/mol. The van der Waals surface area contributed by atoms with Crippen molar-refractivity contribution in [1.29, 1.82) is 0 Å². The Bertz CT molecular complexity index is 685. The van der Waals surface area contributed by atoms with Gasteiger partial charge in [0.15, 0.2) is 5.96 Å². The fourth-order valence-electron chi connectivity index (χ4n) is 3.29. The maximum atomic E-state index is 12.2. The minimum atomic E-state index is -0.520. The van der Waals surface area contributed by atoms with E-state index in [0.29, 0.717) is 31.7 Å². The molecular weight excluding hydrogens is 479 g/mol. The van der Waals surface area contributed by atoms with E-state index in [1.807, 2.05) is 20.8 Å². The molecule has 0 atom stereocenters. The Labute approximate surface area is 192 Å². The van der Waals surface area contributed by atoms with Gasteiger partial charge in [-0.15, -0.1) is 24.0 Å². The summed E-state index contributed by atoms with van der Waals surface area (Å²) in [6.07, 6.45) is 5.11. The van der Waals surface area contributed by atoms with E-state index >= 15 is 0 Å². The van der Waals surface area contributed by atoms with Crippen molar-refractivity contribution in [2.45, 2.75) is 66.0 Å². The zero-order valence-electron chi connectivity index (χ0n) is 18.4. The Morgan fingerprint density at radius 2 is 1.90 bits per heavy atom. The molecule has 29 heavy (non-hydrogen) atoms. The van der Waals surface area contributed by atoms with Crippen LogP contribution >= 0.6 is 24.0 Å². The highest BCUT2D eigenvalue weighted by atomic mass is 127. The molecule has 1 aromatic rings. The van der Waals surface area contributed by atoms with Crippen molar-refractivity contribution < 1.29 is 9.53 Å². The summed E-state index contributed by atoms with van der Waals surface area (Å²) >= 11 is 0. The predicted molar refractivity (Wildman–Crippen MR) is 130 cm³/mol. The normalized spacial score (nSPS) is 14.9. The van der Waals surface area contributed by atoms with E-state index in [1.54, 1.807) is 7.05 Å². The van der Waals surface area contributed by atoms with E-state index in [9.17, 15) is 4.79 Å². The Hall–Kier alpha value is -1.51. The van der Waals surface area contributed by atoms with Gasteiger partial charge < -0.3 is 20.7 Å². The van der Waals surface area contributed by atoms with Gasteiger partial charge in [0.2, 0.25) is 5.91 Å². The molecule has 0 unspecified atom stereocenters. The molecule has 6 nitrogen and oxygen atoms in total. The largest absolute Gasteiger partial charge is 0.490 e. The molecule has 0 heterocycles. The van der Waals surface area contributed by atoms with Crippen molar-refractivity contribution in [3.05, 3.63) is 29.3 Å². The molecule has 1 aliphatic rings. The van der Waals surface area contributed by atoms with Gasteiger partial charge in [0, 0.05) is 32.2 Å². The van der Waals surface area contributed by atoms with E-state index in [1.165, 1.54) is 18.4 Å². The lowest BCUT2D eigenvalue weighted by Gasteiger charge is -2.25. The molecule has 7 heteroatoms. The summed E-state index contributed by atoms with van der Waals surface area (Å²) in [6, 6.07) is 6.33. The molecule has 1 aromatic carbocycles. The Morgan fingerprint density at radius 1 is 1.21 bits per heavy atom. The third-order valence-electron chi connectivity index (χ3n) is 5.14. The lowest BCUT2D eigenvalue weighted by Crippen LogP contribution is -2.47. The zero-order chi connectivity index (χ0) is 20.6. The van der Waals surface area contributed by atoms with Gasteiger partial charge in [-0.2, -0.15) is 0 Å². The van der Waals surface area contributed by atoms with E-state index in [0.717, 1.165) is 24.2 Å². The second-order valence-corrected chi connectivity index (χ2v) is 8.16. The van der Waals surface area contributed by atoms with E-state index in [-0.39, 0.29) is 29.9 Å². The second kappa shape index (κ2) is 12.2. The summed E-state index contributed by atoms with van der Waals surface area (Å²) in [4.78, 5) is 16.4. The first-order valence-corrected chi connectivity index (χ1v) is 10.3. The minimum absolute atomic E-state index is 0. The van der Waals surface area contributed by atoms with Crippen molar-refractivity contribution in [3.63, 3.8) is 0 Å². The van der Waals surface area contributed by atoms with Crippen molar-refractivity contribution in [2.24, 2.45) is 10.4 Å². The summed E-state index contributed by atoms with van der Waals surface area (Å²) in [5, 5.41) is 9.48. The number of nitrogens with one attached hydrogen (secondary N) is 3. The quantitative estimate of drug-likeness (QED) is 0.280. The lowest BCUT2D eigenvalue weighted by atomic mass is 9.92. The van der Waals surface area contributed by atoms with Crippen molar-refractivity contribution >= 4 is 35.8 Å². The second-order valence-electron chi connectivity index (χ2n) is 8.16. The topological polar surface area (TPSA) is 74.8 Å². The van der Waals surface area contributed by atoms with Crippen LogP contribution in [0.15, 0.2) is 23.2 Å². The Morgan fingerprint density at radius 3 is 2.52 bits per heavy atom. The Kier molecular flexibility index (Phi) is 10.8. The highest BCUT2D eigenvalue weighted by Crippen LogP contribution is 2.27. The van der Waals surface area contributed by atoms with Crippen molar-refractivity contribution in [2.75, 3.05) is 20.1 Å². The molecular formula is C22H37IN4O2. The van der Waals surface area contributed by atoms with Crippen LogP contribution in [0, 0.1) is 12.3 Å². The third kappa shape index (κ3) is 8.03. The smallest absolute Gasteiger partial charge is 0.227 e. The van der Waals surface area contributed by atoms with Gasteiger partial charge in [0.05, 0.1) is 11.5 Å². The number of carbonyl (C=O) groups is 1. The molecule has 0 bridgehead atoms. The number of aliphatic imine (C=N–C) groups is 1. The van der Waals surface area contributed by atoms with Crippen molar-refractivity contribution in [3.8, 4) is 5.75 Å². The van der Waals surface area contributed by atoms with Gasteiger partial charge in [-0.3, -0.25) is 9.79 Å². The number of hydrogen-bond donors (Lipinski definition) is 3. The molecule has 0 saturated heterocycles. The molecule has 0 spiro atoms. The van der Waals surface area contributed by atoms with Gasteiger partial charge >= 0.3 is 0 Å².